The molecule has 0 heterocycles. The van der Waals surface area contributed by atoms with Crippen LogP contribution >= 0.6 is 15.9 Å². The van der Waals surface area contributed by atoms with Gasteiger partial charge in [0.05, 0.1) is 4.92 Å². The maximum Gasteiger partial charge on any atom is 0.269 e. The number of carbonyl (C=O) groups excluding carboxylic acids is 1. The summed E-state index contributed by atoms with van der Waals surface area (Å²) in [6.45, 7) is 0. The van der Waals surface area contributed by atoms with Crippen LogP contribution in [-0.4, -0.2) is 10.8 Å². The highest BCUT2D eigenvalue weighted by molar-refractivity contribution is 9.10. The van der Waals surface area contributed by atoms with E-state index in [-0.39, 0.29) is 11.3 Å². The van der Waals surface area contributed by atoms with E-state index in [1.165, 1.54) is 6.08 Å². The second kappa shape index (κ2) is 6.86. The molecule has 0 bridgehead atoms. The summed E-state index contributed by atoms with van der Waals surface area (Å²) >= 11 is 3.28. The highest BCUT2D eigenvalue weighted by atomic mass is 79.9. The molecular weight excluding hydrogens is 352 g/mol. The number of benzene rings is 2. The van der Waals surface area contributed by atoms with Crippen LogP contribution < -0.4 is 10.4 Å². The molecule has 1 N–H and O–H groups in total. The van der Waals surface area contributed by atoms with E-state index < -0.39 is 16.6 Å². The Balaban J connectivity index is 2.12. The Morgan fingerprint density at radius 2 is 2.00 bits per heavy atom. The summed E-state index contributed by atoms with van der Waals surface area (Å²) in [4.78, 5) is 21.9. The second-order valence-electron chi connectivity index (χ2n) is 4.31. The summed E-state index contributed by atoms with van der Waals surface area (Å²) in [7, 11) is 0. The number of amides is 1. The van der Waals surface area contributed by atoms with Gasteiger partial charge in [-0.25, -0.2) is 0 Å². The number of anilines is 1. The summed E-state index contributed by atoms with van der Waals surface area (Å²) in [5.41, 5.74) is 0.468. The molecule has 0 saturated heterocycles. The summed E-state index contributed by atoms with van der Waals surface area (Å²) < 4.78 is 0.815. The number of hydrogen-bond acceptors (Lipinski definition) is 4. The first-order valence-corrected chi connectivity index (χ1v) is 6.95. The summed E-state index contributed by atoms with van der Waals surface area (Å²) in [5, 5.41) is 24.9. The van der Waals surface area contributed by atoms with E-state index in [2.05, 4.69) is 21.2 Å². The third kappa shape index (κ3) is 4.16. The first kappa shape index (κ1) is 15.7. The van der Waals surface area contributed by atoms with Gasteiger partial charge in [0, 0.05) is 28.4 Å². The SMILES string of the molecule is O=C(/C=C/c1cc([N+](=O)[O-])ccc1[O-])Nc1cccc(Br)c1. The van der Waals surface area contributed by atoms with Gasteiger partial charge in [-0.05, 0) is 29.8 Å². The third-order valence-electron chi connectivity index (χ3n) is 2.71. The third-order valence-corrected chi connectivity index (χ3v) is 3.20. The van der Waals surface area contributed by atoms with Crippen LogP contribution in [0.25, 0.3) is 6.08 Å². The van der Waals surface area contributed by atoms with E-state index in [9.17, 15) is 20.0 Å². The van der Waals surface area contributed by atoms with Crippen LogP contribution in [-0.2, 0) is 4.79 Å². The molecule has 0 radical (unpaired) electrons. The number of nitrogens with one attached hydrogen (secondary N) is 1. The fraction of sp³-hybridized carbons (Fsp3) is 0. The minimum atomic E-state index is -0.599. The highest BCUT2D eigenvalue weighted by Gasteiger charge is 2.05. The normalized spacial score (nSPS) is 10.6. The molecule has 22 heavy (non-hydrogen) atoms. The van der Waals surface area contributed by atoms with Gasteiger partial charge < -0.3 is 10.4 Å². The first-order chi connectivity index (χ1) is 10.5. The molecule has 6 nitrogen and oxygen atoms in total. The minimum Gasteiger partial charge on any atom is -0.872 e. The lowest BCUT2D eigenvalue weighted by molar-refractivity contribution is -0.385. The Kier molecular flexibility index (Phi) is 4.90. The smallest absolute Gasteiger partial charge is 0.269 e. The average molecular weight is 362 g/mol. The Labute approximate surface area is 134 Å². The van der Waals surface area contributed by atoms with Crippen molar-refractivity contribution < 1.29 is 14.8 Å². The number of hydrogen-bond donors (Lipinski definition) is 1. The van der Waals surface area contributed by atoms with Gasteiger partial charge in [-0.3, -0.25) is 14.9 Å². The first-order valence-electron chi connectivity index (χ1n) is 6.16. The van der Waals surface area contributed by atoms with Gasteiger partial charge in [0.15, 0.2) is 0 Å². The van der Waals surface area contributed by atoms with Crippen LogP contribution in [0.5, 0.6) is 5.75 Å². The van der Waals surface area contributed by atoms with Crippen molar-refractivity contribution in [2.45, 2.75) is 0 Å². The number of halogens is 1. The Morgan fingerprint density at radius 1 is 1.23 bits per heavy atom. The fourth-order valence-electron chi connectivity index (χ4n) is 1.70. The van der Waals surface area contributed by atoms with Gasteiger partial charge in [0.1, 0.15) is 0 Å². The molecule has 0 atom stereocenters. The van der Waals surface area contributed by atoms with Crippen molar-refractivity contribution in [3.8, 4) is 5.75 Å². The summed E-state index contributed by atoms with van der Waals surface area (Å²) in [6.07, 6.45) is 2.41. The second-order valence-corrected chi connectivity index (χ2v) is 5.23. The highest BCUT2D eigenvalue weighted by Crippen LogP contribution is 2.22. The van der Waals surface area contributed by atoms with Crippen molar-refractivity contribution in [3.63, 3.8) is 0 Å². The molecule has 7 heteroatoms. The largest absolute Gasteiger partial charge is 0.872 e. The molecular formula is C15H10BrN2O4-. The number of nitro groups is 1. The molecule has 2 aromatic rings. The van der Waals surface area contributed by atoms with Crippen molar-refractivity contribution in [1.29, 1.82) is 0 Å². The van der Waals surface area contributed by atoms with E-state index in [1.54, 1.807) is 18.2 Å². The van der Waals surface area contributed by atoms with E-state index in [0.29, 0.717) is 5.69 Å². The number of rotatable bonds is 4. The maximum atomic E-state index is 11.8. The lowest BCUT2D eigenvalue weighted by Crippen LogP contribution is -2.07. The number of nitro benzene ring substituents is 1. The monoisotopic (exact) mass is 361 g/mol. The molecule has 1 amide bonds. The maximum absolute atomic E-state index is 11.8. The molecule has 0 aliphatic heterocycles. The van der Waals surface area contributed by atoms with E-state index >= 15 is 0 Å². The average Bonchev–Trinajstić information content (AvgIpc) is 2.46. The van der Waals surface area contributed by atoms with Crippen molar-refractivity contribution in [2.24, 2.45) is 0 Å². The van der Waals surface area contributed by atoms with Crippen molar-refractivity contribution in [1.82, 2.24) is 0 Å². The minimum absolute atomic E-state index is 0.0820. The Bertz CT molecular complexity index is 759. The van der Waals surface area contributed by atoms with Crippen LogP contribution in [0.3, 0.4) is 0 Å². The Hall–Kier alpha value is -2.67. The predicted octanol–water partition coefficient (Wildman–Crippen LogP) is 3.08. The number of nitrogens with zero attached hydrogens (tertiary/aromatic N) is 1. The quantitative estimate of drug-likeness (QED) is 0.514. The molecule has 2 aromatic carbocycles. The molecule has 0 spiro atoms. The zero-order valence-corrected chi connectivity index (χ0v) is 12.7. The van der Waals surface area contributed by atoms with Gasteiger partial charge in [0.2, 0.25) is 5.91 Å². The van der Waals surface area contributed by atoms with Crippen LogP contribution in [0.15, 0.2) is 53.0 Å². The lowest BCUT2D eigenvalue weighted by atomic mass is 10.1. The number of non-ortho nitro benzene ring substituents is 1. The fourth-order valence-corrected chi connectivity index (χ4v) is 2.09. The molecule has 0 fully saturated rings. The molecule has 0 aliphatic rings. The van der Waals surface area contributed by atoms with E-state index in [0.717, 1.165) is 28.7 Å². The van der Waals surface area contributed by atoms with Gasteiger partial charge >= 0.3 is 0 Å². The van der Waals surface area contributed by atoms with Crippen LogP contribution in [0.2, 0.25) is 0 Å². The molecule has 2 rings (SSSR count). The van der Waals surface area contributed by atoms with Crippen LogP contribution in [0, 0.1) is 10.1 Å². The van der Waals surface area contributed by atoms with Crippen LogP contribution in [0.4, 0.5) is 11.4 Å². The lowest BCUT2D eigenvalue weighted by Gasteiger charge is -2.09. The van der Waals surface area contributed by atoms with Gasteiger partial charge in [-0.2, -0.15) is 0 Å². The molecule has 0 saturated carbocycles. The van der Waals surface area contributed by atoms with Crippen LogP contribution in [0.1, 0.15) is 5.56 Å². The summed E-state index contributed by atoms with van der Waals surface area (Å²) in [5.74, 6) is -0.832. The van der Waals surface area contributed by atoms with Crippen molar-refractivity contribution in [3.05, 3.63) is 68.7 Å². The zero-order valence-electron chi connectivity index (χ0n) is 11.2. The molecule has 112 valence electrons. The topological polar surface area (TPSA) is 95.3 Å². The van der Waals surface area contributed by atoms with Gasteiger partial charge in [-0.15, -0.1) is 5.75 Å². The molecule has 0 aliphatic carbocycles. The van der Waals surface area contributed by atoms with Gasteiger partial charge in [-0.1, -0.05) is 28.1 Å². The van der Waals surface area contributed by atoms with Crippen molar-refractivity contribution >= 4 is 39.3 Å². The predicted molar refractivity (Wildman–Crippen MR) is 84.3 cm³/mol. The standard InChI is InChI=1S/C15H11BrN2O4/c16-11-2-1-3-12(9-11)17-15(20)7-4-10-8-13(18(21)22)5-6-14(10)19/h1-9,19H,(H,17,20)/p-1/b7-4+. The molecule has 0 unspecified atom stereocenters. The number of carbonyl (C=O) groups is 1. The Morgan fingerprint density at radius 3 is 2.68 bits per heavy atom. The molecule has 0 aromatic heterocycles. The summed E-state index contributed by atoms with van der Waals surface area (Å²) in [6, 6.07) is 10.4. The van der Waals surface area contributed by atoms with Gasteiger partial charge in [0.25, 0.3) is 5.69 Å². The van der Waals surface area contributed by atoms with E-state index in [4.69, 9.17) is 0 Å². The van der Waals surface area contributed by atoms with E-state index in [1.807, 2.05) is 6.07 Å². The zero-order chi connectivity index (χ0) is 16.1. The van der Waals surface area contributed by atoms with Crippen molar-refractivity contribution in [2.75, 3.05) is 5.32 Å².